The van der Waals surface area contributed by atoms with Gasteiger partial charge in [-0.1, -0.05) is 35.9 Å². The van der Waals surface area contributed by atoms with E-state index in [1.54, 1.807) is 31.2 Å². The Kier molecular flexibility index (Phi) is 10.5. The number of nitrogens with zero attached hydrogens (tertiary/aromatic N) is 1. The monoisotopic (exact) mass is 642 g/mol. The van der Waals surface area contributed by atoms with Crippen molar-refractivity contribution in [3.63, 3.8) is 0 Å². The van der Waals surface area contributed by atoms with Gasteiger partial charge in [-0.3, -0.25) is 9.10 Å². The van der Waals surface area contributed by atoms with E-state index in [0.717, 1.165) is 22.5 Å². The van der Waals surface area contributed by atoms with Gasteiger partial charge in [0.1, 0.15) is 23.8 Å². The number of fused-ring (bicyclic) bond motifs is 1. The summed E-state index contributed by atoms with van der Waals surface area (Å²) in [5.41, 5.74) is -0.874. The van der Waals surface area contributed by atoms with Crippen molar-refractivity contribution in [1.82, 2.24) is 5.32 Å². The average molecular weight is 643 g/mol. The van der Waals surface area contributed by atoms with Gasteiger partial charge in [-0.05, 0) is 81.3 Å². The molecule has 7 nitrogen and oxygen atoms in total. The highest BCUT2D eigenvalue weighted by Gasteiger charge is 2.34. The van der Waals surface area contributed by atoms with Crippen molar-refractivity contribution >= 4 is 44.9 Å². The van der Waals surface area contributed by atoms with Gasteiger partial charge in [0, 0.05) is 12.1 Å². The van der Waals surface area contributed by atoms with Crippen LogP contribution in [0.2, 0.25) is 5.02 Å². The van der Waals surface area contributed by atoms with Crippen LogP contribution in [0.25, 0.3) is 11.6 Å². The van der Waals surface area contributed by atoms with Crippen LogP contribution in [-0.4, -0.2) is 44.7 Å². The van der Waals surface area contributed by atoms with Crippen LogP contribution in [0.4, 0.5) is 23.2 Å². The number of aliphatic hydroxyl groups is 1. The van der Waals surface area contributed by atoms with Crippen LogP contribution in [0.1, 0.15) is 44.4 Å². The minimum atomic E-state index is -4.68. The third kappa shape index (κ3) is 8.27. The lowest BCUT2D eigenvalue weighted by Gasteiger charge is -2.31. The van der Waals surface area contributed by atoms with E-state index in [4.69, 9.17) is 21.4 Å². The number of alkyl halides is 3. The predicted molar refractivity (Wildman–Crippen MR) is 158 cm³/mol. The number of allylic oxidation sites excluding steroid dienone is 1. The molecule has 1 aliphatic heterocycles. The van der Waals surface area contributed by atoms with Crippen molar-refractivity contribution < 1.29 is 40.6 Å². The highest BCUT2D eigenvalue weighted by atomic mass is 35.5. The van der Waals surface area contributed by atoms with E-state index in [-0.39, 0.29) is 41.1 Å². The van der Waals surface area contributed by atoms with Crippen molar-refractivity contribution in [3.8, 4) is 5.75 Å². The minimum absolute atomic E-state index is 0.0320. The Hall–Kier alpha value is -3.61. The van der Waals surface area contributed by atoms with Gasteiger partial charge in [-0.2, -0.15) is 13.2 Å². The normalized spacial score (nSPS) is 13.8. The maximum absolute atomic E-state index is 14.3. The first-order valence-electron chi connectivity index (χ1n) is 13.1. The van der Waals surface area contributed by atoms with Crippen LogP contribution in [0.3, 0.4) is 0 Å². The van der Waals surface area contributed by atoms with E-state index in [1.165, 1.54) is 32.0 Å². The molecular weight excluding hydrogens is 612 g/mol. The van der Waals surface area contributed by atoms with E-state index in [2.05, 4.69) is 5.32 Å². The Bertz CT molecular complexity index is 1600. The van der Waals surface area contributed by atoms with Crippen molar-refractivity contribution in [2.45, 2.75) is 44.4 Å². The maximum atomic E-state index is 14.3. The predicted octanol–water partition coefficient (Wildman–Crippen LogP) is 6.54. The van der Waals surface area contributed by atoms with Gasteiger partial charge in [0.2, 0.25) is 0 Å². The van der Waals surface area contributed by atoms with E-state index < -0.39 is 38.1 Å². The standard InChI is InChI=1S/C24H18ClF4NO3S.C6H13NO2/c1-15(23-19(25)6-3-7-20(23)26)12-16-8-9-22-21(13-16)30(10-11-33-22)34(31,32)18-5-2-4-17(14-18)24(27,28)29;1-4-7-5(8)6(2,3)9/h2-9,12-14H,10-11H2,1H3;9H,4H2,1-3H3,(H,7,8)/b15-12+;. The lowest BCUT2D eigenvalue weighted by molar-refractivity contribution is -0.138. The Labute approximate surface area is 252 Å². The molecule has 0 fully saturated rings. The van der Waals surface area contributed by atoms with Crippen LogP contribution in [0.15, 0.2) is 65.6 Å². The number of carbonyl (C=O) groups is 1. The molecule has 0 bridgehead atoms. The largest absolute Gasteiger partial charge is 0.489 e. The van der Waals surface area contributed by atoms with Gasteiger partial charge in [-0.15, -0.1) is 0 Å². The fourth-order valence-electron chi connectivity index (χ4n) is 4.08. The molecular formula is C30H31ClF4N2O5S. The summed E-state index contributed by atoms with van der Waals surface area (Å²) in [5.74, 6) is -0.568. The Morgan fingerprint density at radius 3 is 2.37 bits per heavy atom. The minimum Gasteiger partial charge on any atom is -0.489 e. The number of ether oxygens (including phenoxy) is 1. The van der Waals surface area contributed by atoms with E-state index in [1.807, 2.05) is 6.92 Å². The zero-order valence-electron chi connectivity index (χ0n) is 23.8. The number of amides is 1. The SMILES string of the molecule is C/C(=C\c1ccc2c(c1)N(S(=O)(=O)c1cccc(C(F)(F)F)c1)CCO2)c1c(F)cccc1Cl.CCNC(=O)C(C)(C)O. The fraction of sp³-hybridized carbons (Fsp3) is 0.300. The van der Waals surface area contributed by atoms with Crippen LogP contribution in [0.5, 0.6) is 5.75 Å². The molecule has 43 heavy (non-hydrogen) atoms. The molecule has 0 saturated carbocycles. The molecule has 0 aliphatic carbocycles. The molecule has 2 N–H and O–H groups in total. The molecule has 1 heterocycles. The number of hydrogen-bond acceptors (Lipinski definition) is 5. The molecule has 4 rings (SSSR count). The lowest BCUT2D eigenvalue weighted by atomic mass is 10.0. The van der Waals surface area contributed by atoms with Crippen LogP contribution >= 0.6 is 11.6 Å². The number of benzene rings is 3. The summed E-state index contributed by atoms with van der Waals surface area (Å²) in [6, 6.07) is 12.7. The highest BCUT2D eigenvalue weighted by Crippen LogP contribution is 2.38. The number of halogens is 5. The molecule has 0 aromatic heterocycles. The smallest absolute Gasteiger partial charge is 0.416 e. The Morgan fingerprint density at radius 2 is 1.79 bits per heavy atom. The summed E-state index contributed by atoms with van der Waals surface area (Å²) in [4.78, 5) is 10.2. The molecule has 3 aromatic carbocycles. The first kappa shape index (κ1) is 33.9. The van der Waals surface area contributed by atoms with Crippen LogP contribution < -0.4 is 14.4 Å². The number of rotatable bonds is 6. The number of sulfonamides is 1. The Morgan fingerprint density at radius 1 is 1.12 bits per heavy atom. The summed E-state index contributed by atoms with van der Waals surface area (Å²) in [6.07, 6.45) is -3.05. The summed E-state index contributed by atoms with van der Waals surface area (Å²) in [7, 11) is -4.32. The average Bonchev–Trinajstić information content (AvgIpc) is 2.92. The molecule has 0 saturated heterocycles. The molecule has 13 heteroatoms. The second kappa shape index (κ2) is 13.4. The van der Waals surface area contributed by atoms with Crippen molar-refractivity contribution in [1.29, 1.82) is 0 Å². The maximum Gasteiger partial charge on any atom is 0.416 e. The number of hydrogen-bond donors (Lipinski definition) is 2. The van der Waals surface area contributed by atoms with Gasteiger partial charge in [-0.25, -0.2) is 12.8 Å². The van der Waals surface area contributed by atoms with Gasteiger partial charge in [0.25, 0.3) is 15.9 Å². The summed E-state index contributed by atoms with van der Waals surface area (Å²) in [6.45, 7) is 6.89. The van der Waals surface area contributed by atoms with Crippen LogP contribution in [0, 0.1) is 5.82 Å². The van der Waals surface area contributed by atoms with Gasteiger partial charge in [0.15, 0.2) is 0 Å². The number of anilines is 1. The molecule has 1 aliphatic rings. The third-order valence-corrected chi connectivity index (χ3v) is 8.31. The fourth-order valence-corrected chi connectivity index (χ4v) is 5.89. The third-order valence-electron chi connectivity index (χ3n) is 6.19. The van der Waals surface area contributed by atoms with E-state index >= 15 is 0 Å². The van der Waals surface area contributed by atoms with Gasteiger partial charge in [0.05, 0.1) is 27.7 Å². The highest BCUT2D eigenvalue weighted by molar-refractivity contribution is 7.92. The van der Waals surface area contributed by atoms with Crippen LogP contribution in [-0.2, 0) is 21.0 Å². The number of nitrogens with one attached hydrogen (secondary N) is 1. The second-order valence-electron chi connectivity index (χ2n) is 10.0. The molecule has 0 spiro atoms. The van der Waals surface area contributed by atoms with E-state index in [9.17, 15) is 30.8 Å². The lowest BCUT2D eigenvalue weighted by Crippen LogP contribution is -2.41. The first-order chi connectivity index (χ1) is 20.0. The summed E-state index contributed by atoms with van der Waals surface area (Å²) >= 11 is 6.13. The zero-order valence-corrected chi connectivity index (χ0v) is 25.4. The first-order valence-corrected chi connectivity index (χ1v) is 14.9. The van der Waals surface area contributed by atoms with Gasteiger partial charge >= 0.3 is 6.18 Å². The molecule has 1 amide bonds. The molecule has 232 valence electrons. The topological polar surface area (TPSA) is 95.9 Å². The van der Waals surface area contributed by atoms with Crippen molar-refractivity contribution in [2.24, 2.45) is 0 Å². The zero-order chi connectivity index (χ0) is 32.2. The molecule has 0 unspecified atom stereocenters. The van der Waals surface area contributed by atoms with Crippen molar-refractivity contribution in [3.05, 3.63) is 88.2 Å². The Balaban J connectivity index is 0.000000489. The quantitative estimate of drug-likeness (QED) is 0.235. The van der Waals surface area contributed by atoms with Crippen molar-refractivity contribution in [2.75, 3.05) is 24.0 Å². The molecule has 0 atom stereocenters. The van der Waals surface area contributed by atoms with E-state index in [0.29, 0.717) is 23.7 Å². The number of likely N-dealkylation sites (N-methyl/N-ethyl adjacent to an activating group) is 1. The second-order valence-corrected chi connectivity index (χ2v) is 12.3. The number of carbonyl (C=O) groups excluding carboxylic acids is 1. The molecule has 0 radical (unpaired) electrons. The summed E-state index contributed by atoms with van der Waals surface area (Å²) < 4.78 is 86.9. The summed E-state index contributed by atoms with van der Waals surface area (Å²) in [5, 5.41) is 11.7. The molecule has 3 aromatic rings. The van der Waals surface area contributed by atoms with Gasteiger partial charge < -0.3 is 15.2 Å².